The molecule has 1 amide bonds. The molecule has 4 aromatic rings. The minimum absolute atomic E-state index is 0.121. The van der Waals surface area contributed by atoms with Gasteiger partial charge in [0.1, 0.15) is 17.3 Å². The molecule has 4 rings (SSSR count). The van der Waals surface area contributed by atoms with Gasteiger partial charge in [-0.2, -0.15) is 5.10 Å². The molecule has 0 aliphatic rings. The summed E-state index contributed by atoms with van der Waals surface area (Å²) in [7, 11) is 0. The second kappa shape index (κ2) is 8.57. The molecule has 0 saturated heterocycles. The van der Waals surface area contributed by atoms with E-state index in [0.29, 0.717) is 17.7 Å². The predicted octanol–water partition coefficient (Wildman–Crippen LogP) is 4.12. The van der Waals surface area contributed by atoms with Gasteiger partial charge in [-0.15, -0.1) is 11.3 Å². The number of aryl methyl sites for hydroxylation is 1. The fourth-order valence-electron chi connectivity index (χ4n) is 3.00. The number of halogens is 2. The van der Waals surface area contributed by atoms with Crippen LogP contribution in [0.3, 0.4) is 0 Å². The lowest BCUT2D eigenvalue weighted by atomic mass is 10.1. The summed E-state index contributed by atoms with van der Waals surface area (Å²) in [5.74, 6) is -1.62. The summed E-state index contributed by atoms with van der Waals surface area (Å²) < 4.78 is 29.2. The number of benzene rings is 2. The summed E-state index contributed by atoms with van der Waals surface area (Å²) in [6.45, 7) is 1.60. The molecule has 0 radical (unpaired) electrons. The molecule has 9 heteroatoms. The maximum absolute atomic E-state index is 14.2. The van der Waals surface area contributed by atoms with Gasteiger partial charge < -0.3 is 0 Å². The summed E-state index contributed by atoms with van der Waals surface area (Å²) in [5, 5.41) is 6.85. The molecule has 0 aliphatic carbocycles. The fourth-order valence-corrected chi connectivity index (χ4v) is 3.84. The third kappa shape index (κ3) is 4.41. The van der Waals surface area contributed by atoms with Gasteiger partial charge in [0.2, 0.25) is 5.43 Å². The second-order valence-electron chi connectivity index (χ2n) is 6.72. The van der Waals surface area contributed by atoms with E-state index in [1.807, 2.05) is 0 Å². The highest BCUT2D eigenvalue weighted by Crippen LogP contribution is 2.22. The van der Waals surface area contributed by atoms with Crippen molar-refractivity contribution in [1.82, 2.24) is 14.8 Å². The Morgan fingerprint density at radius 2 is 1.81 bits per heavy atom. The van der Waals surface area contributed by atoms with E-state index in [-0.39, 0.29) is 22.3 Å². The lowest BCUT2D eigenvalue weighted by Gasteiger charge is -2.11. The molecule has 1 N–H and O–H groups in total. The zero-order valence-electron chi connectivity index (χ0n) is 16.3. The number of carbonyl (C=O) groups excluding carboxylic acids is 1. The summed E-state index contributed by atoms with van der Waals surface area (Å²) >= 11 is 1.17. The highest BCUT2D eigenvalue weighted by Gasteiger charge is 2.18. The average molecular weight is 438 g/mol. The van der Waals surface area contributed by atoms with E-state index in [2.05, 4.69) is 15.4 Å². The van der Waals surface area contributed by atoms with Gasteiger partial charge in [0.05, 0.1) is 0 Å². The van der Waals surface area contributed by atoms with Gasteiger partial charge in [0, 0.05) is 29.3 Å². The summed E-state index contributed by atoms with van der Waals surface area (Å²) in [6, 6.07) is 13.6. The Morgan fingerprint density at radius 3 is 2.55 bits per heavy atom. The number of hydrogen-bond acceptors (Lipinski definition) is 5. The maximum Gasteiger partial charge on any atom is 0.281 e. The lowest BCUT2D eigenvalue weighted by molar-refractivity contribution is 0.101. The van der Waals surface area contributed by atoms with Crippen molar-refractivity contribution in [2.45, 2.75) is 13.3 Å². The molecule has 0 fully saturated rings. The molecule has 2 aromatic carbocycles. The van der Waals surface area contributed by atoms with Gasteiger partial charge in [0.25, 0.3) is 5.91 Å². The minimum atomic E-state index is -0.762. The van der Waals surface area contributed by atoms with Crippen molar-refractivity contribution < 1.29 is 13.6 Å². The van der Waals surface area contributed by atoms with Crippen LogP contribution in [0.2, 0.25) is 0 Å². The minimum Gasteiger partial charge on any atom is -0.296 e. The summed E-state index contributed by atoms with van der Waals surface area (Å²) in [5.41, 5.74) is 0.0333. The van der Waals surface area contributed by atoms with Crippen LogP contribution in [0.5, 0.6) is 0 Å². The van der Waals surface area contributed by atoms with Gasteiger partial charge in [-0.3, -0.25) is 14.9 Å². The smallest absolute Gasteiger partial charge is 0.281 e. The van der Waals surface area contributed by atoms with Crippen LogP contribution < -0.4 is 10.7 Å². The van der Waals surface area contributed by atoms with Crippen LogP contribution >= 0.6 is 11.3 Å². The van der Waals surface area contributed by atoms with E-state index in [0.717, 1.165) is 4.88 Å². The van der Waals surface area contributed by atoms with Crippen LogP contribution in [0.15, 0.2) is 65.6 Å². The van der Waals surface area contributed by atoms with Gasteiger partial charge in [0.15, 0.2) is 10.8 Å². The second-order valence-corrected chi connectivity index (χ2v) is 7.83. The van der Waals surface area contributed by atoms with E-state index in [1.165, 1.54) is 52.5 Å². The van der Waals surface area contributed by atoms with E-state index in [9.17, 15) is 18.4 Å². The van der Waals surface area contributed by atoms with Gasteiger partial charge in [-0.1, -0.05) is 30.3 Å². The Bertz CT molecular complexity index is 1330. The zero-order valence-corrected chi connectivity index (χ0v) is 17.1. The van der Waals surface area contributed by atoms with E-state index in [1.54, 1.807) is 31.2 Å². The Labute approximate surface area is 179 Å². The van der Waals surface area contributed by atoms with Crippen molar-refractivity contribution >= 4 is 22.4 Å². The monoisotopic (exact) mass is 438 g/mol. The van der Waals surface area contributed by atoms with Crippen molar-refractivity contribution in [2.75, 3.05) is 5.32 Å². The number of amides is 1. The normalized spacial score (nSPS) is 10.8. The number of thiazole rings is 1. The number of anilines is 1. The first-order valence-electron chi connectivity index (χ1n) is 9.27. The van der Waals surface area contributed by atoms with Gasteiger partial charge in [-0.25, -0.2) is 18.4 Å². The molecule has 2 heterocycles. The topological polar surface area (TPSA) is 76.9 Å². The molecule has 156 valence electrons. The number of para-hydroxylation sites is 1. The van der Waals surface area contributed by atoms with Gasteiger partial charge >= 0.3 is 0 Å². The molecule has 0 bridgehead atoms. The molecule has 0 unspecified atom stereocenters. The Morgan fingerprint density at radius 1 is 1.10 bits per heavy atom. The van der Waals surface area contributed by atoms with Crippen LogP contribution in [0.4, 0.5) is 13.9 Å². The van der Waals surface area contributed by atoms with Crippen LogP contribution in [0.25, 0.3) is 5.69 Å². The fraction of sp³-hybridized carbons (Fsp3) is 0.0909. The molecule has 0 atom stereocenters. The Hall–Kier alpha value is -3.72. The average Bonchev–Trinajstić information content (AvgIpc) is 3.17. The molecular weight excluding hydrogens is 422 g/mol. The lowest BCUT2D eigenvalue weighted by Crippen LogP contribution is -2.27. The van der Waals surface area contributed by atoms with Crippen molar-refractivity contribution in [3.05, 3.63) is 104 Å². The summed E-state index contributed by atoms with van der Waals surface area (Å²) in [6.07, 6.45) is 1.86. The third-order valence-corrected chi connectivity index (χ3v) is 5.41. The number of hydrogen-bond donors (Lipinski definition) is 1. The molecular formula is C22H16F2N4O2S. The number of nitrogens with one attached hydrogen (secondary N) is 1. The Kier molecular flexibility index (Phi) is 5.68. The largest absolute Gasteiger partial charge is 0.296 e. The molecule has 2 aromatic heterocycles. The Balaban J connectivity index is 1.58. The van der Waals surface area contributed by atoms with Crippen molar-refractivity contribution in [3.8, 4) is 5.69 Å². The predicted molar refractivity (Wildman–Crippen MR) is 114 cm³/mol. The zero-order chi connectivity index (χ0) is 22.0. The van der Waals surface area contributed by atoms with E-state index >= 15 is 0 Å². The number of rotatable bonds is 5. The molecule has 0 spiro atoms. The van der Waals surface area contributed by atoms with Crippen LogP contribution in [0.1, 0.15) is 26.6 Å². The van der Waals surface area contributed by atoms with Crippen molar-refractivity contribution in [2.24, 2.45) is 0 Å². The van der Waals surface area contributed by atoms with Crippen LogP contribution in [0, 0.1) is 18.6 Å². The summed E-state index contributed by atoms with van der Waals surface area (Å²) in [4.78, 5) is 29.9. The maximum atomic E-state index is 14.2. The molecule has 31 heavy (non-hydrogen) atoms. The number of carbonyl (C=O) groups is 1. The quantitative estimate of drug-likeness (QED) is 0.509. The third-order valence-electron chi connectivity index (χ3n) is 4.50. The van der Waals surface area contributed by atoms with Crippen LogP contribution in [-0.2, 0) is 6.42 Å². The standard InChI is InChI=1S/C22H16F2N4O2S/c1-13-10-19(29)20(27-28(13)18-9-5-4-8-17(18)24)21(30)26-22-25-12-15(31-22)11-14-6-2-3-7-16(14)23/h2-10,12H,11H2,1H3,(H,25,26,30). The number of aromatic nitrogens is 3. The van der Waals surface area contributed by atoms with Gasteiger partial charge in [-0.05, 0) is 30.7 Å². The highest BCUT2D eigenvalue weighted by molar-refractivity contribution is 7.15. The first-order valence-corrected chi connectivity index (χ1v) is 10.1. The number of nitrogens with zero attached hydrogens (tertiary/aromatic N) is 3. The molecule has 0 saturated carbocycles. The van der Waals surface area contributed by atoms with E-state index in [4.69, 9.17) is 0 Å². The highest BCUT2D eigenvalue weighted by atomic mass is 32.1. The van der Waals surface area contributed by atoms with Crippen molar-refractivity contribution in [1.29, 1.82) is 0 Å². The SMILES string of the molecule is Cc1cc(=O)c(C(=O)Nc2ncc(Cc3ccccc3F)s2)nn1-c1ccccc1F. The van der Waals surface area contributed by atoms with E-state index < -0.39 is 17.2 Å². The molecule has 6 nitrogen and oxygen atoms in total. The molecule has 0 aliphatic heterocycles. The van der Waals surface area contributed by atoms with Crippen LogP contribution in [-0.4, -0.2) is 20.7 Å². The van der Waals surface area contributed by atoms with Crippen molar-refractivity contribution in [3.63, 3.8) is 0 Å². The first kappa shape index (κ1) is 20.5. The first-order chi connectivity index (χ1) is 14.9.